The Balaban J connectivity index is 1.94. The van der Waals surface area contributed by atoms with Crippen LogP contribution in [0.1, 0.15) is 34.1 Å². The topological polar surface area (TPSA) is 42.6 Å². The van der Waals surface area contributed by atoms with E-state index in [-0.39, 0.29) is 0 Å². The molecular weight excluding hydrogens is 216 g/mol. The summed E-state index contributed by atoms with van der Waals surface area (Å²) in [7, 11) is 0. The summed E-state index contributed by atoms with van der Waals surface area (Å²) < 4.78 is 10.6. The normalized spacial score (nSPS) is 15.9. The molecule has 0 bridgehead atoms. The maximum absolute atomic E-state index is 10.2. The fourth-order valence-corrected chi connectivity index (χ4v) is 2.16. The molecule has 1 unspecified atom stereocenters. The third-order valence-electron chi connectivity index (χ3n) is 3.13. The van der Waals surface area contributed by atoms with Crippen LogP contribution >= 0.6 is 0 Å². The van der Waals surface area contributed by atoms with Gasteiger partial charge in [0.1, 0.15) is 11.9 Å². The molecule has 0 aliphatic carbocycles. The monoisotopic (exact) mass is 230 g/mol. The van der Waals surface area contributed by atoms with Crippen LogP contribution < -0.4 is 0 Å². The van der Waals surface area contributed by atoms with Crippen LogP contribution in [0.15, 0.2) is 34.9 Å². The SMILES string of the molecule is Cc1cc(C(O)c2ccc3c(c2)COC3)co1. The van der Waals surface area contributed by atoms with Gasteiger partial charge in [0, 0.05) is 5.56 Å². The fourth-order valence-electron chi connectivity index (χ4n) is 2.16. The first-order chi connectivity index (χ1) is 8.24. The fraction of sp³-hybridized carbons (Fsp3) is 0.286. The summed E-state index contributed by atoms with van der Waals surface area (Å²) in [4.78, 5) is 0. The van der Waals surface area contributed by atoms with Crippen LogP contribution in [-0.4, -0.2) is 5.11 Å². The lowest BCUT2D eigenvalue weighted by Crippen LogP contribution is -1.99. The summed E-state index contributed by atoms with van der Waals surface area (Å²) in [6.45, 7) is 3.18. The summed E-state index contributed by atoms with van der Waals surface area (Å²) in [5.74, 6) is 0.809. The maximum Gasteiger partial charge on any atom is 0.107 e. The second kappa shape index (κ2) is 4.02. The Morgan fingerprint density at radius 3 is 2.71 bits per heavy atom. The van der Waals surface area contributed by atoms with Crippen LogP contribution in [0.2, 0.25) is 0 Å². The van der Waals surface area contributed by atoms with Gasteiger partial charge in [-0.3, -0.25) is 0 Å². The zero-order chi connectivity index (χ0) is 11.8. The molecule has 1 aliphatic rings. The molecule has 3 rings (SSSR count). The molecule has 2 aromatic rings. The van der Waals surface area contributed by atoms with Crippen LogP contribution in [0.25, 0.3) is 0 Å². The van der Waals surface area contributed by atoms with Crippen molar-refractivity contribution in [3.8, 4) is 0 Å². The van der Waals surface area contributed by atoms with Gasteiger partial charge in [-0.05, 0) is 29.7 Å². The molecule has 3 heteroatoms. The minimum absolute atomic E-state index is 0.627. The van der Waals surface area contributed by atoms with Crippen molar-refractivity contribution in [3.63, 3.8) is 0 Å². The minimum Gasteiger partial charge on any atom is -0.469 e. The first kappa shape index (κ1) is 10.6. The number of rotatable bonds is 2. The Hall–Kier alpha value is -1.58. The van der Waals surface area contributed by atoms with E-state index in [0.717, 1.165) is 16.9 Å². The highest BCUT2D eigenvalue weighted by atomic mass is 16.5. The molecule has 0 fully saturated rings. The second-order valence-electron chi connectivity index (χ2n) is 4.41. The lowest BCUT2D eigenvalue weighted by molar-refractivity contribution is 0.134. The van der Waals surface area contributed by atoms with Crippen molar-refractivity contribution >= 4 is 0 Å². The third-order valence-corrected chi connectivity index (χ3v) is 3.13. The summed E-state index contributed by atoms with van der Waals surface area (Å²) in [5.41, 5.74) is 4.06. The second-order valence-corrected chi connectivity index (χ2v) is 4.41. The first-order valence-corrected chi connectivity index (χ1v) is 5.66. The van der Waals surface area contributed by atoms with E-state index in [2.05, 4.69) is 0 Å². The standard InChI is InChI=1S/C14H14O3/c1-9-4-13(8-17-9)14(15)10-2-3-11-6-16-7-12(11)5-10/h2-5,8,14-15H,6-7H2,1H3. The van der Waals surface area contributed by atoms with Crippen molar-refractivity contribution in [1.82, 2.24) is 0 Å². The molecule has 0 saturated carbocycles. The maximum atomic E-state index is 10.2. The van der Waals surface area contributed by atoms with Crippen molar-refractivity contribution in [3.05, 3.63) is 58.5 Å². The molecule has 1 atom stereocenters. The van der Waals surface area contributed by atoms with E-state index in [0.29, 0.717) is 13.2 Å². The van der Waals surface area contributed by atoms with Crippen LogP contribution in [0.5, 0.6) is 0 Å². The number of fused-ring (bicyclic) bond motifs is 1. The van der Waals surface area contributed by atoms with Gasteiger partial charge in [-0.15, -0.1) is 0 Å². The van der Waals surface area contributed by atoms with Crippen molar-refractivity contribution < 1.29 is 14.3 Å². The molecule has 0 spiro atoms. The number of furan rings is 1. The lowest BCUT2D eigenvalue weighted by atomic mass is 9.99. The third kappa shape index (κ3) is 1.88. The molecule has 0 radical (unpaired) electrons. The Morgan fingerprint density at radius 1 is 1.12 bits per heavy atom. The Bertz CT molecular complexity index is 542. The highest BCUT2D eigenvalue weighted by Gasteiger charge is 2.17. The number of hydrogen-bond acceptors (Lipinski definition) is 3. The van der Waals surface area contributed by atoms with Gasteiger partial charge in [0.25, 0.3) is 0 Å². The van der Waals surface area contributed by atoms with Crippen LogP contribution in [0, 0.1) is 6.92 Å². The minimum atomic E-state index is -0.627. The smallest absolute Gasteiger partial charge is 0.107 e. The van der Waals surface area contributed by atoms with E-state index in [1.807, 2.05) is 31.2 Å². The predicted octanol–water partition coefficient (Wildman–Crippen LogP) is 2.70. The van der Waals surface area contributed by atoms with Gasteiger partial charge in [0.15, 0.2) is 0 Å². The van der Waals surface area contributed by atoms with E-state index < -0.39 is 6.10 Å². The number of hydrogen-bond donors (Lipinski definition) is 1. The number of aliphatic hydroxyl groups is 1. The number of aliphatic hydroxyl groups excluding tert-OH is 1. The largest absolute Gasteiger partial charge is 0.469 e. The van der Waals surface area contributed by atoms with Crippen LogP contribution in [0.3, 0.4) is 0 Å². The van der Waals surface area contributed by atoms with Gasteiger partial charge < -0.3 is 14.3 Å². The first-order valence-electron chi connectivity index (χ1n) is 5.66. The van der Waals surface area contributed by atoms with E-state index in [4.69, 9.17) is 9.15 Å². The Labute approximate surface area is 99.6 Å². The summed E-state index contributed by atoms with van der Waals surface area (Å²) >= 11 is 0. The van der Waals surface area contributed by atoms with Gasteiger partial charge in [-0.25, -0.2) is 0 Å². The van der Waals surface area contributed by atoms with E-state index in [9.17, 15) is 5.11 Å². The van der Waals surface area contributed by atoms with Gasteiger partial charge in [0.2, 0.25) is 0 Å². The van der Waals surface area contributed by atoms with Crippen LogP contribution in [-0.2, 0) is 18.0 Å². The lowest BCUT2D eigenvalue weighted by Gasteiger charge is -2.10. The van der Waals surface area contributed by atoms with E-state index in [1.54, 1.807) is 6.26 Å². The van der Waals surface area contributed by atoms with Gasteiger partial charge in [0.05, 0.1) is 19.5 Å². The molecule has 1 aromatic carbocycles. The van der Waals surface area contributed by atoms with E-state index in [1.165, 1.54) is 11.1 Å². The van der Waals surface area contributed by atoms with Crippen molar-refractivity contribution in [2.24, 2.45) is 0 Å². The van der Waals surface area contributed by atoms with Gasteiger partial charge in [-0.1, -0.05) is 18.2 Å². The van der Waals surface area contributed by atoms with Gasteiger partial charge in [-0.2, -0.15) is 0 Å². The number of aryl methyl sites for hydroxylation is 1. The molecule has 1 aliphatic heterocycles. The summed E-state index contributed by atoms with van der Waals surface area (Å²) in [5, 5.41) is 10.2. The molecule has 3 nitrogen and oxygen atoms in total. The van der Waals surface area contributed by atoms with Crippen molar-refractivity contribution in [2.75, 3.05) is 0 Å². The molecule has 1 N–H and O–H groups in total. The number of ether oxygens (including phenoxy) is 1. The average Bonchev–Trinajstić information content (AvgIpc) is 2.95. The van der Waals surface area contributed by atoms with Gasteiger partial charge >= 0.3 is 0 Å². The molecule has 88 valence electrons. The molecular formula is C14H14O3. The Morgan fingerprint density at radius 2 is 1.94 bits per heavy atom. The molecule has 17 heavy (non-hydrogen) atoms. The molecule has 0 amide bonds. The average molecular weight is 230 g/mol. The highest BCUT2D eigenvalue weighted by Crippen LogP contribution is 2.28. The summed E-state index contributed by atoms with van der Waals surface area (Å²) in [6, 6.07) is 7.83. The highest BCUT2D eigenvalue weighted by molar-refractivity contribution is 5.37. The van der Waals surface area contributed by atoms with Crippen LogP contribution in [0.4, 0.5) is 0 Å². The molecule has 1 aromatic heterocycles. The quantitative estimate of drug-likeness (QED) is 0.862. The van der Waals surface area contributed by atoms with Crippen molar-refractivity contribution in [1.29, 1.82) is 0 Å². The zero-order valence-electron chi connectivity index (χ0n) is 9.64. The molecule has 2 heterocycles. The predicted molar refractivity (Wildman–Crippen MR) is 62.4 cm³/mol. The summed E-state index contributed by atoms with van der Waals surface area (Å²) in [6.07, 6.45) is 0.974. The zero-order valence-corrected chi connectivity index (χ0v) is 9.64. The van der Waals surface area contributed by atoms with E-state index >= 15 is 0 Å². The Kier molecular flexibility index (Phi) is 2.50. The number of benzene rings is 1. The van der Waals surface area contributed by atoms with Crippen molar-refractivity contribution in [2.45, 2.75) is 26.2 Å². The molecule has 0 saturated heterocycles.